The van der Waals surface area contributed by atoms with Gasteiger partial charge < -0.3 is 14.8 Å². The number of rotatable bonds is 2. The minimum absolute atomic E-state index is 0.123. The highest BCUT2D eigenvalue weighted by molar-refractivity contribution is 6.06. The van der Waals surface area contributed by atoms with Crippen molar-refractivity contribution in [3.63, 3.8) is 0 Å². The minimum Gasteiger partial charge on any atom is -0.358 e. The summed E-state index contributed by atoms with van der Waals surface area (Å²) < 4.78 is 0. The van der Waals surface area contributed by atoms with Gasteiger partial charge in [0.2, 0.25) is 0 Å². The van der Waals surface area contributed by atoms with E-state index < -0.39 is 0 Å². The van der Waals surface area contributed by atoms with E-state index in [1.807, 2.05) is 17.0 Å². The molecule has 0 atom stereocenters. The number of aromatic nitrogens is 3. The molecule has 0 saturated carbocycles. The molecule has 2 aliphatic rings. The third-order valence-electron chi connectivity index (χ3n) is 5.80. The minimum atomic E-state index is 0.123. The van der Waals surface area contributed by atoms with Gasteiger partial charge >= 0.3 is 0 Å². The number of hydrogen-bond acceptors (Lipinski definition) is 4. The maximum Gasteiger partial charge on any atom is 0.256 e. The molecule has 0 unspecified atom stereocenters. The average Bonchev–Trinajstić information content (AvgIpc) is 3.13. The summed E-state index contributed by atoms with van der Waals surface area (Å²) in [5.41, 5.74) is 4.56. The summed E-state index contributed by atoms with van der Waals surface area (Å²) >= 11 is 0. The number of hydrogen-bond donors (Lipinski definition) is 1. The summed E-state index contributed by atoms with van der Waals surface area (Å²) in [6, 6.07) is 6.13. The molecule has 1 fully saturated rings. The van der Waals surface area contributed by atoms with Gasteiger partial charge in [-0.1, -0.05) is 12.1 Å². The molecule has 27 heavy (non-hydrogen) atoms. The van der Waals surface area contributed by atoms with Gasteiger partial charge in [0.15, 0.2) is 0 Å². The zero-order chi connectivity index (χ0) is 18.2. The van der Waals surface area contributed by atoms with Crippen LogP contribution in [0, 0.1) is 0 Å². The molecule has 1 aromatic carbocycles. The molecular weight excluding hydrogens is 338 g/mol. The lowest BCUT2D eigenvalue weighted by molar-refractivity contribution is 0.0748. The summed E-state index contributed by atoms with van der Waals surface area (Å²) in [5, 5.41) is 1.23. The van der Waals surface area contributed by atoms with Gasteiger partial charge in [-0.3, -0.25) is 9.78 Å². The summed E-state index contributed by atoms with van der Waals surface area (Å²) in [4.78, 5) is 29.4. The van der Waals surface area contributed by atoms with E-state index in [4.69, 9.17) is 0 Å². The zero-order valence-corrected chi connectivity index (χ0v) is 15.3. The predicted molar refractivity (Wildman–Crippen MR) is 105 cm³/mol. The smallest absolute Gasteiger partial charge is 0.256 e. The molecule has 0 radical (unpaired) electrons. The molecular formula is C21H23N5O. The number of fused-ring (bicyclic) bond motifs is 3. The Labute approximate surface area is 158 Å². The molecule has 0 bridgehead atoms. The van der Waals surface area contributed by atoms with E-state index in [0.29, 0.717) is 13.1 Å². The van der Waals surface area contributed by atoms with E-state index in [1.165, 1.54) is 29.5 Å². The summed E-state index contributed by atoms with van der Waals surface area (Å²) in [7, 11) is 0. The zero-order valence-electron chi connectivity index (χ0n) is 15.3. The molecule has 6 heteroatoms. The van der Waals surface area contributed by atoms with Crippen molar-refractivity contribution in [1.82, 2.24) is 19.9 Å². The van der Waals surface area contributed by atoms with Crippen molar-refractivity contribution in [2.75, 3.05) is 31.1 Å². The van der Waals surface area contributed by atoms with E-state index in [9.17, 15) is 4.79 Å². The lowest BCUT2D eigenvalue weighted by Crippen LogP contribution is -2.49. The number of carbonyl (C=O) groups excluding carboxylic acids is 1. The van der Waals surface area contributed by atoms with E-state index in [0.717, 1.165) is 42.8 Å². The molecule has 1 amide bonds. The van der Waals surface area contributed by atoms with Crippen molar-refractivity contribution in [1.29, 1.82) is 0 Å². The first-order valence-electron chi connectivity index (χ1n) is 9.74. The standard InChI is InChI=1S/C21H23N5O/c27-21(26-12-10-25(11-13-26)19-14-22-8-9-23-19)17-6-3-5-16-15-4-1-2-7-18(15)24-20(16)17/h3,5-6,8-9,14,24H,1-2,4,7,10-13H2. The number of aryl methyl sites for hydroxylation is 2. The fourth-order valence-electron chi connectivity index (χ4n) is 4.37. The number of piperazine rings is 1. The van der Waals surface area contributed by atoms with E-state index >= 15 is 0 Å². The van der Waals surface area contributed by atoms with Gasteiger partial charge in [-0.25, -0.2) is 4.98 Å². The Morgan fingerprint density at radius 2 is 1.89 bits per heavy atom. The second-order valence-corrected chi connectivity index (χ2v) is 7.36. The number of H-pyrrole nitrogens is 1. The number of anilines is 1. The molecule has 5 rings (SSSR count). The van der Waals surface area contributed by atoms with Crippen LogP contribution < -0.4 is 4.90 Å². The number of nitrogens with one attached hydrogen (secondary N) is 1. The van der Waals surface area contributed by atoms with Crippen LogP contribution in [0.2, 0.25) is 0 Å². The summed E-state index contributed by atoms with van der Waals surface area (Å²) in [6.07, 6.45) is 9.84. The molecule has 0 spiro atoms. The SMILES string of the molecule is O=C(c1cccc2c3c([nH]c12)CCCC3)N1CCN(c2cnccn2)CC1. The van der Waals surface area contributed by atoms with Crippen molar-refractivity contribution >= 4 is 22.6 Å². The fourth-order valence-corrected chi connectivity index (χ4v) is 4.37. The Morgan fingerprint density at radius 1 is 1.04 bits per heavy atom. The molecule has 1 saturated heterocycles. The predicted octanol–water partition coefficient (Wildman–Crippen LogP) is 2.80. The van der Waals surface area contributed by atoms with Crippen molar-refractivity contribution in [2.24, 2.45) is 0 Å². The lowest BCUT2D eigenvalue weighted by Gasteiger charge is -2.35. The normalized spacial score (nSPS) is 17.2. The van der Waals surface area contributed by atoms with Crippen LogP contribution in [-0.2, 0) is 12.8 Å². The van der Waals surface area contributed by atoms with Crippen LogP contribution in [0.5, 0.6) is 0 Å². The van der Waals surface area contributed by atoms with Crippen LogP contribution in [0.1, 0.15) is 34.5 Å². The van der Waals surface area contributed by atoms with Crippen LogP contribution in [0.4, 0.5) is 5.82 Å². The fraction of sp³-hybridized carbons (Fsp3) is 0.381. The molecule has 2 aromatic heterocycles. The van der Waals surface area contributed by atoms with E-state index in [-0.39, 0.29) is 5.91 Å². The van der Waals surface area contributed by atoms with Gasteiger partial charge in [-0.2, -0.15) is 0 Å². The highest BCUT2D eigenvalue weighted by Crippen LogP contribution is 2.31. The van der Waals surface area contributed by atoms with Crippen molar-refractivity contribution in [2.45, 2.75) is 25.7 Å². The number of aromatic amines is 1. The Hall–Kier alpha value is -2.89. The van der Waals surface area contributed by atoms with Crippen molar-refractivity contribution < 1.29 is 4.79 Å². The topological polar surface area (TPSA) is 65.1 Å². The first-order valence-corrected chi connectivity index (χ1v) is 9.74. The van der Waals surface area contributed by atoms with Gasteiger partial charge in [-0.05, 0) is 37.3 Å². The largest absolute Gasteiger partial charge is 0.358 e. The first-order chi connectivity index (χ1) is 13.3. The lowest BCUT2D eigenvalue weighted by atomic mass is 9.95. The molecule has 1 aliphatic carbocycles. The Balaban J connectivity index is 1.38. The van der Waals surface area contributed by atoms with Crippen molar-refractivity contribution in [3.8, 4) is 0 Å². The van der Waals surface area contributed by atoms with Gasteiger partial charge in [0.1, 0.15) is 5.82 Å². The molecule has 3 aromatic rings. The molecule has 138 valence electrons. The highest BCUT2D eigenvalue weighted by Gasteiger charge is 2.26. The molecule has 1 N–H and O–H groups in total. The molecule has 3 heterocycles. The molecule has 1 aliphatic heterocycles. The number of amides is 1. The Bertz CT molecular complexity index is 973. The van der Waals surface area contributed by atoms with E-state index in [1.54, 1.807) is 18.6 Å². The second-order valence-electron chi connectivity index (χ2n) is 7.36. The monoisotopic (exact) mass is 361 g/mol. The van der Waals surface area contributed by atoms with Crippen LogP contribution in [0.15, 0.2) is 36.8 Å². The number of nitrogens with zero attached hydrogens (tertiary/aromatic N) is 4. The Morgan fingerprint density at radius 3 is 2.70 bits per heavy atom. The maximum atomic E-state index is 13.2. The highest BCUT2D eigenvalue weighted by atomic mass is 16.2. The van der Waals surface area contributed by atoms with Crippen LogP contribution in [-0.4, -0.2) is 51.9 Å². The summed E-state index contributed by atoms with van der Waals surface area (Å²) in [5.74, 6) is 1.00. The average molecular weight is 361 g/mol. The summed E-state index contributed by atoms with van der Waals surface area (Å²) in [6.45, 7) is 2.96. The third kappa shape index (κ3) is 2.85. The van der Waals surface area contributed by atoms with Crippen LogP contribution in [0.3, 0.4) is 0 Å². The number of benzene rings is 1. The number of carbonyl (C=O) groups is 1. The maximum absolute atomic E-state index is 13.2. The third-order valence-corrected chi connectivity index (χ3v) is 5.80. The van der Waals surface area contributed by atoms with Crippen LogP contribution >= 0.6 is 0 Å². The second kappa shape index (κ2) is 6.68. The van der Waals surface area contributed by atoms with Gasteiger partial charge in [0.25, 0.3) is 5.91 Å². The van der Waals surface area contributed by atoms with E-state index in [2.05, 4.69) is 25.9 Å². The quantitative estimate of drug-likeness (QED) is 0.762. The van der Waals surface area contributed by atoms with Crippen molar-refractivity contribution in [3.05, 3.63) is 53.6 Å². The Kier molecular flexibility index (Phi) is 4.03. The number of para-hydroxylation sites is 1. The van der Waals surface area contributed by atoms with Gasteiger partial charge in [-0.15, -0.1) is 0 Å². The molecule has 6 nitrogen and oxygen atoms in total. The first kappa shape index (κ1) is 16.3. The van der Waals surface area contributed by atoms with Gasteiger partial charge in [0.05, 0.1) is 17.3 Å². The van der Waals surface area contributed by atoms with Gasteiger partial charge in [0, 0.05) is 49.7 Å². The van der Waals surface area contributed by atoms with Crippen LogP contribution in [0.25, 0.3) is 10.9 Å².